The van der Waals surface area contributed by atoms with Crippen molar-refractivity contribution >= 4 is 17.3 Å². The molecule has 0 radical (unpaired) electrons. The zero-order chi connectivity index (χ0) is 22.0. The van der Waals surface area contributed by atoms with Crippen LogP contribution in [0.4, 0.5) is 17.3 Å². The average molecular weight is 433 g/mol. The van der Waals surface area contributed by atoms with Crippen LogP contribution in [0.15, 0.2) is 67.0 Å². The summed E-state index contributed by atoms with van der Waals surface area (Å²) in [5, 5.41) is 3.41. The molecule has 0 amide bonds. The van der Waals surface area contributed by atoms with Crippen LogP contribution in [0.2, 0.25) is 0 Å². The van der Waals surface area contributed by atoms with Gasteiger partial charge in [0.2, 0.25) is 0 Å². The van der Waals surface area contributed by atoms with E-state index in [1.165, 1.54) is 11.1 Å². The lowest BCUT2D eigenvalue weighted by molar-refractivity contribution is 0.0378. The number of rotatable bonds is 10. The first-order chi connectivity index (χ1) is 15.8. The van der Waals surface area contributed by atoms with Crippen molar-refractivity contribution in [2.45, 2.75) is 19.5 Å². The Bertz CT molecular complexity index is 906. The number of hydrogen-bond acceptors (Lipinski definition) is 7. The van der Waals surface area contributed by atoms with Gasteiger partial charge in [-0.05, 0) is 24.1 Å². The number of ether oxygens (including phenoxy) is 1. The molecule has 1 saturated heterocycles. The quantitative estimate of drug-likeness (QED) is 0.475. The molecule has 3 aromatic rings. The normalized spacial score (nSPS) is 14.2. The van der Waals surface area contributed by atoms with E-state index in [0.717, 1.165) is 51.6 Å². The molecule has 0 saturated carbocycles. The lowest BCUT2D eigenvalue weighted by atomic mass is 10.1. The summed E-state index contributed by atoms with van der Waals surface area (Å²) in [6.07, 6.45) is 2.62. The Morgan fingerprint density at radius 3 is 2.16 bits per heavy atom. The molecule has 3 N–H and O–H groups in total. The minimum atomic E-state index is 0.589. The van der Waals surface area contributed by atoms with Gasteiger partial charge in [-0.3, -0.25) is 4.90 Å². The van der Waals surface area contributed by atoms with E-state index < -0.39 is 0 Å². The summed E-state index contributed by atoms with van der Waals surface area (Å²) in [6, 6.07) is 20.8. The molecular formula is C25H32N6O. The van der Waals surface area contributed by atoms with E-state index in [4.69, 9.17) is 10.5 Å². The van der Waals surface area contributed by atoms with Gasteiger partial charge in [-0.1, -0.05) is 60.7 Å². The number of nitrogens with two attached hydrogens (primary N) is 1. The fraction of sp³-hybridized carbons (Fsp3) is 0.360. The van der Waals surface area contributed by atoms with Crippen molar-refractivity contribution in [3.8, 4) is 0 Å². The van der Waals surface area contributed by atoms with Gasteiger partial charge in [-0.25, -0.2) is 9.97 Å². The third-order valence-electron chi connectivity index (χ3n) is 5.64. The van der Waals surface area contributed by atoms with Gasteiger partial charge in [0.15, 0.2) is 11.6 Å². The highest BCUT2D eigenvalue weighted by Crippen LogP contribution is 2.28. The molecule has 0 unspecified atom stereocenters. The lowest BCUT2D eigenvalue weighted by Crippen LogP contribution is -2.37. The molecule has 4 rings (SSSR count). The molecule has 7 heteroatoms. The number of nitrogen functional groups attached to an aromatic ring is 1. The third kappa shape index (κ3) is 6.18. The molecule has 0 aliphatic carbocycles. The van der Waals surface area contributed by atoms with E-state index in [2.05, 4.69) is 73.6 Å². The number of morpholine rings is 1. The van der Waals surface area contributed by atoms with Gasteiger partial charge in [0.25, 0.3) is 0 Å². The summed E-state index contributed by atoms with van der Waals surface area (Å²) < 4.78 is 5.42. The first-order valence-corrected chi connectivity index (χ1v) is 11.3. The number of aromatic nitrogens is 2. The van der Waals surface area contributed by atoms with Gasteiger partial charge in [0, 0.05) is 32.7 Å². The summed E-state index contributed by atoms with van der Waals surface area (Å²) in [5.74, 6) is 1.45. The van der Waals surface area contributed by atoms with E-state index >= 15 is 0 Å². The molecule has 1 fully saturated rings. The fourth-order valence-corrected chi connectivity index (χ4v) is 3.93. The van der Waals surface area contributed by atoms with Crippen molar-refractivity contribution in [3.05, 3.63) is 78.1 Å². The van der Waals surface area contributed by atoms with Crippen LogP contribution in [0.5, 0.6) is 0 Å². The van der Waals surface area contributed by atoms with Crippen molar-refractivity contribution < 1.29 is 4.74 Å². The van der Waals surface area contributed by atoms with Gasteiger partial charge in [-0.2, -0.15) is 0 Å². The Morgan fingerprint density at radius 1 is 0.906 bits per heavy atom. The van der Waals surface area contributed by atoms with Crippen LogP contribution in [0.3, 0.4) is 0 Å². The first-order valence-electron chi connectivity index (χ1n) is 11.3. The van der Waals surface area contributed by atoms with E-state index in [1.807, 2.05) is 12.1 Å². The van der Waals surface area contributed by atoms with Crippen molar-refractivity contribution in [1.82, 2.24) is 14.9 Å². The van der Waals surface area contributed by atoms with E-state index in [0.29, 0.717) is 24.6 Å². The van der Waals surface area contributed by atoms with Gasteiger partial charge in [0.05, 0.1) is 13.2 Å². The van der Waals surface area contributed by atoms with Gasteiger partial charge in [0.1, 0.15) is 12.0 Å². The molecule has 1 aliphatic heterocycles. The van der Waals surface area contributed by atoms with E-state index in [-0.39, 0.29) is 0 Å². The van der Waals surface area contributed by atoms with Crippen LogP contribution in [0.1, 0.15) is 17.5 Å². The molecule has 2 heterocycles. The van der Waals surface area contributed by atoms with Crippen molar-refractivity contribution in [2.75, 3.05) is 55.3 Å². The Morgan fingerprint density at radius 2 is 1.53 bits per heavy atom. The molecule has 7 nitrogen and oxygen atoms in total. The van der Waals surface area contributed by atoms with E-state index in [9.17, 15) is 0 Å². The number of benzene rings is 2. The zero-order valence-corrected chi connectivity index (χ0v) is 18.5. The Hall–Kier alpha value is -3.16. The molecule has 0 bridgehead atoms. The Kier molecular flexibility index (Phi) is 7.89. The van der Waals surface area contributed by atoms with Gasteiger partial charge in [-0.15, -0.1) is 0 Å². The molecule has 1 aromatic heterocycles. The molecule has 0 spiro atoms. The minimum Gasteiger partial charge on any atom is -0.393 e. The lowest BCUT2D eigenvalue weighted by Gasteiger charge is -2.27. The zero-order valence-electron chi connectivity index (χ0n) is 18.5. The topological polar surface area (TPSA) is 79.5 Å². The summed E-state index contributed by atoms with van der Waals surface area (Å²) in [7, 11) is 0. The maximum Gasteiger partial charge on any atom is 0.158 e. The number of hydrogen-bond donors (Lipinski definition) is 2. The van der Waals surface area contributed by atoms with Crippen LogP contribution in [-0.2, 0) is 17.8 Å². The predicted molar refractivity (Wildman–Crippen MR) is 130 cm³/mol. The van der Waals surface area contributed by atoms with Crippen LogP contribution in [0, 0.1) is 0 Å². The van der Waals surface area contributed by atoms with Gasteiger partial charge >= 0.3 is 0 Å². The molecular weight excluding hydrogens is 400 g/mol. The second kappa shape index (κ2) is 11.5. The van der Waals surface area contributed by atoms with Crippen LogP contribution >= 0.6 is 0 Å². The van der Waals surface area contributed by atoms with Gasteiger partial charge < -0.3 is 20.7 Å². The molecule has 1 aliphatic rings. The predicted octanol–water partition coefficient (Wildman–Crippen LogP) is 3.40. The monoisotopic (exact) mass is 432 g/mol. The number of nitrogens with one attached hydrogen (secondary N) is 1. The highest BCUT2D eigenvalue weighted by atomic mass is 16.5. The van der Waals surface area contributed by atoms with Crippen LogP contribution < -0.4 is 16.0 Å². The Balaban J connectivity index is 1.45. The third-order valence-corrected chi connectivity index (χ3v) is 5.64. The Labute approximate surface area is 190 Å². The second-order valence-corrected chi connectivity index (χ2v) is 8.02. The number of anilines is 3. The maximum atomic E-state index is 6.56. The molecule has 168 valence electrons. The number of nitrogens with zero attached hydrogens (tertiary/aromatic N) is 4. The molecule has 32 heavy (non-hydrogen) atoms. The minimum absolute atomic E-state index is 0.589. The average Bonchev–Trinajstić information content (AvgIpc) is 2.84. The summed E-state index contributed by atoms with van der Waals surface area (Å²) in [5.41, 5.74) is 9.57. The fourth-order valence-electron chi connectivity index (χ4n) is 3.93. The SMILES string of the molecule is Nc1c(NCCCN2CCOCC2)ncnc1N(Cc1ccccc1)Cc1ccccc1. The van der Waals surface area contributed by atoms with Crippen molar-refractivity contribution in [1.29, 1.82) is 0 Å². The largest absolute Gasteiger partial charge is 0.393 e. The highest BCUT2D eigenvalue weighted by Gasteiger charge is 2.17. The molecule has 2 aromatic carbocycles. The van der Waals surface area contributed by atoms with Crippen LogP contribution in [0.25, 0.3) is 0 Å². The van der Waals surface area contributed by atoms with Crippen molar-refractivity contribution in [3.63, 3.8) is 0 Å². The summed E-state index contributed by atoms with van der Waals surface area (Å²) in [6.45, 7) is 6.96. The first kappa shape index (κ1) is 22.0. The standard InChI is InChI=1S/C25H32N6O/c26-23-24(27-12-7-13-30-14-16-32-17-15-30)28-20-29-25(23)31(18-21-8-3-1-4-9-21)19-22-10-5-2-6-11-22/h1-6,8-11,20H,7,12-19,26H2,(H,27,28,29). The maximum absolute atomic E-state index is 6.56. The highest BCUT2D eigenvalue weighted by molar-refractivity contribution is 5.75. The smallest absolute Gasteiger partial charge is 0.158 e. The van der Waals surface area contributed by atoms with E-state index in [1.54, 1.807) is 6.33 Å². The van der Waals surface area contributed by atoms with Crippen LogP contribution in [-0.4, -0.2) is 54.3 Å². The summed E-state index contributed by atoms with van der Waals surface area (Å²) in [4.78, 5) is 13.6. The van der Waals surface area contributed by atoms with Crippen molar-refractivity contribution in [2.24, 2.45) is 0 Å². The summed E-state index contributed by atoms with van der Waals surface area (Å²) >= 11 is 0. The second-order valence-electron chi connectivity index (χ2n) is 8.02. The molecule has 0 atom stereocenters.